The molecule has 2 aromatic rings. The fraction of sp³-hybridized carbons (Fsp3) is 0.444. The van der Waals surface area contributed by atoms with E-state index in [0.29, 0.717) is 30.5 Å². The van der Waals surface area contributed by atoms with Gasteiger partial charge in [0.2, 0.25) is 0 Å². The molecule has 3 N–H and O–H groups in total. The average molecular weight is 360 g/mol. The van der Waals surface area contributed by atoms with E-state index in [1.165, 1.54) is 11.1 Å². The van der Waals surface area contributed by atoms with Gasteiger partial charge in [-0.05, 0) is 18.9 Å². The predicted octanol–water partition coefficient (Wildman–Crippen LogP) is 2.25. The first-order chi connectivity index (χ1) is 12.1. The van der Waals surface area contributed by atoms with Crippen LogP contribution in [0.25, 0.3) is 0 Å². The molecule has 0 aliphatic carbocycles. The predicted molar refractivity (Wildman–Crippen MR) is 101 cm³/mol. The van der Waals surface area contributed by atoms with Crippen LogP contribution in [0.2, 0.25) is 0 Å². The lowest BCUT2D eigenvalue weighted by atomic mass is 10.2. The van der Waals surface area contributed by atoms with Crippen molar-refractivity contribution in [3.8, 4) is 0 Å². The van der Waals surface area contributed by atoms with E-state index in [0.717, 1.165) is 18.1 Å². The lowest BCUT2D eigenvalue weighted by Crippen LogP contribution is -2.43. The van der Waals surface area contributed by atoms with Crippen LogP contribution in [-0.4, -0.2) is 47.5 Å². The Morgan fingerprint density at radius 3 is 2.88 bits per heavy atom. The largest absolute Gasteiger partial charge is 0.396 e. The van der Waals surface area contributed by atoms with Crippen LogP contribution in [-0.2, 0) is 10.5 Å². The molecule has 0 spiro atoms. The first-order valence-electron chi connectivity index (χ1n) is 8.44. The van der Waals surface area contributed by atoms with Crippen molar-refractivity contribution in [2.24, 2.45) is 0 Å². The molecule has 1 saturated heterocycles. The van der Waals surface area contributed by atoms with Gasteiger partial charge in [0.05, 0.1) is 12.7 Å². The minimum absolute atomic E-state index is 0.0265. The number of nitrogens with two attached hydrogens (primary N) is 1. The van der Waals surface area contributed by atoms with Crippen LogP contribution in [0.1, 0.15) is 17.5 Å². The van der Waals surface area contributed by atoms with Crippen molar-refractivity contribution in [3.05, 3.63) is 41.5 Å². The highest BCUT2D eigenvalue weighted by Gasteiger charge is 2.22. The van der Waals surface area contributed by atoms with Gasteiger partial charge in [-0.2, -0.15) is 0 Å². The van der Waals surface area contributed by atoms with Crippen molar-refractivity contribution in [2.75, 3.05) is 36.9 Å². The van der Waals surface area contributed by atoms with Gasteiger partial charge in [-0.3, -0.25) is 0 Å². The third-order valence-electron chi connectivity index (χ3n) is 4.11. The molecule has 134 valence electrons. The maximum atomic E-state index is 9.11. The van der Waals surface area contributed by atoms with Crippen LogP contribution >= 0.6 is 11.8 Å². The van der Waals surface area contributed by atoms with E-state index in [2.05, 4.69) is 46.1 Å². The molecule has 0 unspecified atom stereocenters. The number of thioether (sulfide) groups is 1. The number of aliphatic hydroxyl groups excluding tert-OH is 1. The maximum Gasteiger partial charge on any atom is 0.191 e. The monoisotopic (exact) mass is 360 g/mol. The number of rotatable bonds is 6. The van der Waals surface area contributed by atoms with Crippen molar-refractivity contribution in [3.63, 3.8) is 0 Å². The molecule has 0 radical (unpaired) electrons. The second kappa shape index (κ2) is 8.51. The molecule has 2 heterocycles. The van der Waals surface area contributed by atoms with Crippen LogP contribution in [0, 0.1) is 6.92 Å². The summed E-state index contributed by atoms with van der Waals surface area (Å²) in [7, 11) is 0. The number of aryl methyl sites for hydroxylation is 1. The zero-order valence-corrected chi connectivity index (χ0v) is 15.2. The Morgan fingerprint density at radius 1 is 1.32 bits per heavy atom. The Balaban J connectivity index is 1.68. The molecule has 1 aromatic heterocycles. The minimum atomic E-state index is 0.0265. The number of hydrogen-bond donors (Lipinski definition) is 2. The number of aliphatic hydroxyl groups is 1. The summed E-state index contributed by atoms with van der Waals surface area (Å²) >= 11 is 1.58. The van der Waals surface area contributed by atoms with Crippen LogP contribution in [0.5, 0.6) is 0 Å². The van der Waals surface area contributed by atoms with Gasteiger partial charge < -0.3 is 20.5 Å². The van der Waals surface area contributed by atoms with Gasteiger partial charge in [-0.1, -0.05) is 41.6 Å². The highest BCUT2D eigenvalue weighted by molar-refractivity contribution is 7.98. The molecule has 1 atom stereocenters. The number of benzene rings is 1. The number of anilines is 2. The molecule has 1 aromatic carbocycles. The Morgan fingerprint density at radius 2 is 2.12 bits per heavy atom. The van der Waals surface area contributed by atoms with E-state index >= 15 is 0 Å². The second-order valence-electron chi connectivity index (χ2n) is 6.16. The smallest absolute Gasteiger partial charge is 0.191 e. The van der Waals surface area contributed by atoms with Gasteiger partial charge in [0, 0.05) is 31.5 Å². The molecule has 25 heavy (non-hydrogen) atoms. The fourth-order valence-corrected chi connectivity index (χ4v) is 3.55. The third-order valence-corrected chi connectivity index (χ3v) is 5.03. The van der Waals surface area contributed by atoms with E-state index in [4.69, 9.17) is 15.6 Å². The molecular weight excluding hydrogens is 336 g/mol. The summed E-state index contributed by atoms with van der Waals surface area (Å²) in [4.78, 5) is 11.2. The van der Waals surface area contributed by atoms with Gasteiger partial charge in [0.15, 0.2) is 5.16 Å². The van der Waals surface area contributed by atoms with E-state index < -0.39 is 0 Å². The van der Waals surface area contributed by atoms with Crippen LogP contribution in [0.15, 0.2) is 35.5 Å². The SMILES string of the molecule is Cc1ccc(CSc2nc(N)cc(N3CCO[C@H](CCO)C3)n2)cc1. The summed E-state index contributed by atoms with van der Waals surface area (Å²) in [6.07, 6.45) is 0.658. The van der Waals surface area contributed by atoms with Gasteiger partial charge in [-0.15, -0.1) is 0 Å². The van der Waals surface area contributed by atoms with Crippen molar-refractivity contribution in [1.82, 2.24) is 9.97 Å². The number of aromatic nitrogens is 2. The van der Waals surface area contributed by atoms with Crippen LogP contribution < -0.4 is 10.6 Å². The normalized spacial score (nSPS) is 17.7. The number of hydrogen-bond acceptors (Lipinski definition) is 7. The van der Waals surface area contributed by atoms with E-state index in [1.54, 1.807) is 17.8 Å². The highest BCUT2D eigenvalue weighted by atomic mass is 32.2. The van der Waals surface area contributed by atoms with E-state index in [-0.39, 0.29) is 12.7 Å². The molecule has 6 nitrogen and oxygen atoms in total. The third kappa shape index (κ3) is 5.07. The number of nitrogen functional groups attached to an aromatic ring is 1. The zero-order chi connectivity index (χ0) is 17.6. The summed E-state index contributed by atoms with van der Waals surface area (Å²) in [6, 6.07) is 10.3. The first kappa shape index (κ1) is 18.0. The molecule has 0 amide bonds. The topological polar surface area (TPSA) is 84.5 Å². The zero-order valence-electron chi connectivity index (χ0n) is 14.4. The minimum Gasteiger partial charge on any atom is -0.396 e. The van der Waals surface area contributed by atoms with Crippen molar-refractivity contribution in [1.29, 1.82) is 0 Å². The standard InChI is InChI=1S/C18H24N4O2S/c1-13-2-4-14(5-3-13)12-25-18-20-16(19)10-17(21-18)22-7-9-24-15(11-22)6-8-23/h2-5,10,15,23H,6-9,11-12H2,1H3,(H2,19,20,21)/t15-/m1/s1. The average Bonchev–Trinajstić information content (AvgIpc) is 2.61. The van der Waals surface area contributed by atoms with E-state index in [9.17, 15) is 0 Å². The molecule has 7 heteroatoms. The molecule has 3 rings (SSSR count). The summed E-state index contributed by atoms with van der Waals surface area (Å²) in [5.41, 5.74) is 8.47. The number of ether oxygens (including phenoxy) is 1. The molecule has 1 aliphatic rings. The van der Waals surface area contributed by atoms with Gasteiger partial charge in [0.1, 0.15) is 11.6 Å². The van der Waals surface area contributed by atoms with Crippen LogP contribution in [0.3, 0.4) is 0 Å². The summed E-state index contributed by atoms with van der Waals surface area (Å²) in [5.74, 6) is 2.10. The highest BCUT2D eigenvalue weighted by Crippen LogP contribution is 2.25. The summed E-state index contributed by atoms with van der Waals surface area (Å²) in [5, 5.41) is 9.79. The molecular formula is C18H24N4O2S. The molecule has 1 aliphatic heterocycles. The quantitative estimate of drug-likeness (QED) is 0.604. The Bertz CT molecular complexity index is 694. The fourth-order valence-electron chi connectivity index (χ4n) is 2.74. The lowest BCUT2D eigenvalue weighted by molar-refractivity contribution is 0.0244. The van der Waals surface area contributed by atoms with Gasteiger partial charge >= 0.3 is 0 Å². The van der Waals surface area contributed by atoms with E-state index in [1.807, 2.05) is 0 Å². The van der Waals surface area contributed by atoms with Crippen LogP contribution in [0.4, 0.5) is 11.6 Å². The van der Waals surface area contributed by atoms with Crippen molar-refractivity contribution in [2.45, 2.75) is 30.4 Å². The Hall–Kier alpha value is -1.83. The van der Waals surface area contributed by atoms with Crippen molar-refractivity contribution >= 4 is 23.4 Å². The number of morpholine rings is 1. The van der Waals surface area contributed by atoms with Gasteiger partial charge in [-0.25, -0.2) is 9.97 Å². The molecule has 1 fully saturated rings. The Labute approximate surface area is 152 Å². The second-order valence-corrected chi connectivity index (χ2v) is 7.10. The lowest BCUT2D eigenvalue weighted by Gasteiger charge is -2.33. The summed E-state index contributed by atoms with van der Waals surface area (Å²) < 4.78 is 5.66. The Kier molecular flexibility index (Phi) is 6.12. The summed E-state index contributed by atoms with van der Waals surface area (Å²) in [6.45, 7) is 4.30. The van der Waals surface area contributed by atoms with Gasteiger partial charge in [0.25, 0.3) is 0 Å². The molecule has 0 saturated carbocycles. The molecule has 0 bridgehead atoms. The van der Waals surface area contributed by atoms with Crippen molar-refractivity contribution < 1.29 is 9.84 Å². The number of nitrogens with zero attached hydrogens (tertiary/aromatic N) is 3. The first-order valence-corrected chi connectivity index (χ1v) is 9.43. The maximum absolute atomic E-state index is 9.11.